The standard InChI is InChI=1S/C21H18BrFN2O3S/c1-14-3-2-4-15(11-14)13-24-21(26)19-12-16(22)5-10-20(19)25-29(27,28)18-8-6-17(23)7-9-18/h2-12,25H,13H2,1H3,(H,24,26). The number of nitrogens with one attached hydrogen (secondary N) is 2. The number of amides is 1. The van der Waals surface area contributed by atoms with Crippen molar-refractivity contribution in [2.45, 2.75) is 18.4 Å². The Balaban J connectivity index is 1.83. The molecule has 3 aromatic carbocycles. The van der Waals surface area contributed by atoms with Crippen molar-refractivity contribution in [3.8, 4) is 0 Å². The molecule has 0 heterocycles. The van der Waals surface area contributed by atoms with E-state index in [2.05, 4.69) is 26.0 Å². The normalized spacial score (nSPS) is 11.1. The lowest BCUT2D eigenvalue weighted by molar-refractivity contribution is 0.0951. The van der Waals surface area contributed by atoms with Gasteiger partial charge in [0.1, 0.15) is 5.82 Å². The van der Waals surface area contributed by atoms with Crippen LogP contribution in [0.15, 0.2) is 76.1 Å². The van der Waals surface area contributed by atoms with Crippen molar-refractivity contribution < 1.29 is 17.6 Å². The van der Waals surface area contributed by atoms with Gasteiger partial charge in [0, 0.05) is 11.0 Å². The van der Waals surface area contributed by atoms with Crippen molar-refractivity contribution >= 4 is 37.5 Å². The highest BCUT2D eigenvalue weighted by atomic mass is 79.9. The fraction of sp³-hybridized carbons (Fsp3) is 0.0952. The zero-order chi connectivity index (χ0) is 21.0. The minimum absolute atomic E-state index is 0.104. The number of anilines is 1. The van der Waals surface area contributed by atoms with Gasteiger partial charge in [-0.1, -0.05) is 45.8 Å². The number of rotatable bonds is 6. The third-order valence-corrected chi connectivity index (χ3v) is 6.00. The van der Waals surface area contributed by atoms with Crippen LogP contribution in [0.2, 0.25) is 0 Å². The number of hydrogen-bond acceptors (Lipinski definition) is 3. The Morgan fingerprint density at radius 2 is 1.76 bits per heavy atom. The van der Waals surface area contributed by atoms with Crippen LogP contribution in [0.4, 0.5) is 10.1 Å². The number of hydrogen-bond donors (Lipinski definition) is 2. The second-order valence-electron chi connectivity index (χ2n) is 6.42. The molecule has 0 fully saturated rings. The van der Waals surface area contributed by atoms with Crippen LogP contribution in [-0.2, 0) is 16.6 Å². The van der Waals surface area contributed by atoms with Gasteiger partial charge in [0.2, 0.25) is 0 Å². The first-order valence-corrected chi connectivity index (χ1v) is 10.9. The number of carbonyl (C=O) groups excluding carboxylic acids is 1. The molecule has 0 aliphatic heterocycles. The van der Waals surface area contributed by atoms with Gasteiger partial charge in [0.15, 0.2) is 0 Å². The van der Waals surface area contributed by atoms with Gasteiger partial charge in [0.25, 0.3) is 15.9 Å². The molecule has 3 rings (SSSR count). The van der Waals surface area contributed by atoms with Crippen LogP contribution in [0.5, 0.6) is 0 Å². The van der Waals surface area contributed by atoms with Gasteiger partial charge in [0.05, 0.1) is 16.1 Å². The van der Waals surface area contributed by atoms with Crippen LogP contribution in [0.1, 0.15) is 21.5 Å². The summed E-state index contributed by atoms with van der Waals surface area (Å²) in [5, 5.41) is 2.80. The van der Waals surface area contributed by atoms with E-state index in [0.717, 1.165) is 35.4 Å². The van der Waals surface area contributed by atoms with Gasteiger partial charge in [-0.05, 0) is 55.0 Å². The summed E-state index contributed by atoms with van der Waals surface area (Å²) in [6, 6.07) is 16.8. The van der Waals surface area contributed by atoms with E-state index < -0.39 is 21.7 Å². The second-order valence-corrected chi connectivity index (χ2v) is 9.02. The van der Waals surface area contributed by atoms with Crippen molar-refractivity contribution in [1.82, 2.24) is 5.32 Å². The SMILES string of the molecule is Cc1cccc(CNC(=O)c2cc(Br)ccc2NS(=O)(=O)c2ccc(F)cc2)c1. The molecule has 0 aromatic heterocycles. The Hall–Kier alpha value is -2.71. The van der Waals surface area contributed by atoms with Crippen LogP contribution in [0.25, 0.3) is 0 Å². The lowest BCUT2D eigenvalue weighted by Gasteiger charge is -2.14. The smallest absolute Gasteiger partial charge is 0.261 e. The molecule has 0 radical (unpaired) electrons. The molecule has 2 N–H and O–H groups in total. The summed E-state index contributed by atoms with van der Waals surface area (Å²) in [5.74, 6) is -0.964. The van der Waals surface area contributed by atoms with E-state index in [-0.39, 0.29) is 16.1 Å². The van der Waals surface area contributed by atoms with E-state index in [0.29, 0.717) is 11.0 Å². The van der Waals surface area contributed by atoms with E-state index in [1.54, 1.807) is 6.07 Å². The monoisotopic (exact) mass is 476 g/mol. The average molecular weight is 477 g/mol. The number of carbonyl (C=O) groups is 1. The molecule has 0 spiro atoms. The topological polar surface area (TPSA) is 75.3 Å². The highest BCUT2D eigenvalue weighted by molar-refractivity contribution is 9.10. The second kappa shape index (κ2) is 8.75. The largest absolute Gasteiger partial charge is 0.348 e. The lowest BCUT2D eigenvalue weighted by Crippen LogP contribution is -2.25. The van der Waals surface area contributed by atoms with E-state index >= 15 is 0 Å². The van der Waals surface area contributed by atoms with Gasteiger partial charge >= 0.3 is 0 Å². The summed E-state index contributed by atoms with van der Waals surface area (Å²) in [7, 11) is -3.98. The van der Waals surface area contributed by atoms with Gasteiger partial charge in [-0.2, -0.15) is 0 Å². The van der Waals surface area contributed by atoms with Crippen LogP contribution >= 0.6 is 15.9 Å². The summed E-state index contributed by atoms with van der Waals surface area (Å²) >= 11 is 3.30. The molecule has 29 heavy (non-hydrogen) atoms. The maximum Gasteiger partial charge on any atom is 0.261 e. The predicted molar refractivity (Wildman–Crippen MR) is 114 cm³/mol. The van der Waals surface area contributed by atoms with Crippen LogP contribution in [-0.4, -0.2) is 14.3 Å². The molecule has 0 unspecified atom stereocenters. The first-order valence-electron chi connectivity index (χ1n) is 8.66. The Morgan fingerprint density at radius 1 is 1.03 bits per heavy atom. The molecule has 0 aliphatic rings. The number of aryl methyl sites for hydroxylation is 1. The van der Waals surface area contributed by atoms with Crippen molar-refractivity contribution in [2.75, 3.05) is 4.72 Å². The van der Waals surface area contributed by atoms with Crippen molar-refractivity contribution in [2.24, 2.45) is 0 Å². The summed E-state index contributed by atoms with van der Waals surface area (Å²) in [4.78, 5) is 12.6. The average Bonchev–Trinajstić information content (AvgIpc) is 2.68. The first-order chi connectivity index (χ1) is 13.7. The Kier molecular flexibility index (Phi) is 6.34. The van der Waals surface area contributed by atoms with Crippen molar-refractivity contribution in [3.63, 3.8) is 0 Å². The van der Waals surface area contributed by atoms with E-state index in [1.165, 1.54) is 12.1 Å². The summed E-state index contributed by atoms with van der Waals surface area (Å²) in [6.07, 6.45) is 0. The van der Waals surface area contributed by atoms with E-state index in [1.807, 2.05) is 31.2 Å². The fourth-order valence-corrected chi connectivity index (χ4v) is 4.15. The van der Waals surface area contributed by atoms with Gasteiger partial charge in [-0.15, -0.1) is 0 Å². The highest BCUT2D eigenvalue weighted by Gasteiger charge is 2.19. The first kappa shape index (κ1) is 21.0. The van der Waals surface area contributed by atoms with Crippen LogP contribution in [0.3, 0.4) is 0 Å². The third-order valence-electron chi connectivity index (χ3n) is 4.13. The minimum Gasteiger partial charge on any atom is -0.348 e. The van der Waals surface area contributed by atoms with Crippen LogP contribution < -0.4 is 10.0 Å². The molecule has 3 aromatic rings. The van der Waals surface area contributed by atoms with Gasteiger partial charge in [-0.3, -0.25) is 9.52 Å². The molecule has 0 atom stereocenters. The Labute approximate surface area is 177 Å². The Bertz CT molecular complexity index is 1150. The van der Waals surface area contributed by atoms with Crippen LogP contribution in [0, 0.1) is 12.7 Å². The summed E-state index contributed by atoms with van der Waals surface area (Å²) in [5.41, 5.74) is 2.30. The van der Waals surface area contributed by atoms with E-state index in [9.17, 15) is 17.6 Å². The maximum absolute atomic E-state index is 13.1. The van der Waals surface area contributed by atoms with Gasteiger partial charge < -0.3 is 5.32 Å². The van der Waals surface area contributed by atoms with Crippen molar-refractivity contribution in [3.05, 3.63) is 93.7 Å². The number of sulfonamides is 1. The Morgan fingerprint density at radius 3 is 2.45 bits per heavy atom. The minimum atomic E-state index is -3.98. The maximum atomic E-state index is 13.1. The van der Waals surface area contributed by atoms with E-state index in [4.69, 9.17) is 0 Å². The molecular weight excluding hydrogens is 459 g/mol. The highest BCUT2D eigenvalue weighted by Crippen LogP contribution is 2.24. The molecule has 150 valence electrons. The molecular formula is C21H18BrFN2O3S. The predicted octanol–water partition coefficient (Wildman–Crippen LogP) is 4.63. The molecule has 0 saturated carbocycles. The van der Waals surface area contributed by atoms with Crippen molar-refractivity contribution in [1.29, 1.82) is 0 Å². The molecule has 0 aliphatic carbocycles. The third kappa shape index (κ3) is 5.42. The number of benzene rings is 3. The molecule has 1 amide bonds. The zero-order valence-electron chi connectivity index (χ0n) is 15.4. The molecule has 5 nitrogen and oxygen atoms in total. The fourth-order valence-electron chi connectivity index (χ4n) is 2.71. The molecule has 0 saturated heterocycles. The summed E-state index contributed by atoms with van der Waals surface area (Å²) in [6.45, 7) is 2.26. The number of halogens is 2. The lowest BCUT2D eigenvalue weighted by atomic mass is 10.1. The molecule has 8 heteroatoms. The quantitative estimate of drug-likeness (QED) is 0.544. The molecule has 0 bridgehead atoms. The zero-order valence-corrected chi connectivity index (χ0v) is 17.8. The summed E-state index contributed by atoms with van der Waals surface area (Å²) < 4.78 is 41.4. The van der Waals surface area contributed by atoms with Gasteiger partial charge in [-0.25, -0.2) is 12.8 Å².